The molecule has 0 amide bonds. The van der Waals surface area contributed by atoms with E-state index < -0.39 is 9.24 Å². The lowest BCUT2D eigenvalue weighted by molar-refractivity contribution is 0.586. The van der Waals surface area contributed by atoms with Crippen molar-refractivity contribution < 1.29 is 0 Å². The summed E-state index contributed by atoms with van der Waals surface area (Å²) in [6.07, 6.45) is 10.7. The van der Waals surface area contributed by atoms with Crippen LogP contribution < -0.4 is 0 Å². The van der Waals surface area contributed by atoms with Crippen molar-refractivity contribution in [3.8, 4) is 0 Å². The number of hydrogen-bond acceptors (Lipinski definition) is 0. The summed E-state index contributed by atoms with van der Waals surface area (Å²) >= 11 is 0. The lowest BCUT2D eigenvalue weighted by atomic mass is 10.1. The van der Waals surface area contributed by atoms with Crippen molar-refractivity contribution >= 4 is 19.9 Å². The van der Waals surface area contributed by atoms with Gasteiger partial charge in [0, 0.05) is 9.79 Å². The molecule has 2 aromatic rings. The van der Waals surface area contributed by atoms with Crippen LogP contribution in [0.25, 0.3) is 0 Å². The maximum absolute atomic E-state index is 7.25. The van der Waals surface area contributed by atoms with Crippen molar-refractivity contribution in [2.75, 3.05) is 5.75 Å². The van der Waals surface area contributed by atoms with E-state index in [0.717, 1.165) is 5.75 Å². The van der Waals surface area contributed by atoms with Crippen molar-refractivity contribution in [2.45, 2.75) is 68.1 Å². The Morgan fingerprint density at radius 3 is 1.50 bits per heavy atom. The second kappa shape index (κ2) is 10.8. The summed E-state index contributed by atoms with van der Waals surface area (Å²) in [4.78, 5) is 2.58. The van der Waals surface area contributed by atoms with E-state index in [0.29, 0.717) is 0 Å². The molecule has 0 fully saturated rings. The van der Waals surface area contributed by atoms with Crippen molar-refractivity contribution in [3.63, 3.8) is 0 Å². The van der Waals surface area contributed by atoms with Crippen LogP contribution in [0, 0.1) is 0 Å². The molecule has 0 atom stereocenters. The molecule has 2 aromatic carbocycles. The fourth-order valence-corrected chi connectivity index (χ4v) is 6.55. The van der Waals surface area contributed by atoms with Gasteiger partial charge in [-0.05, 0) is 36.4 Å². The zero-order valence-corrected chi connectivity index (χ0v) is 16.5. The normalized spacial score (nSPS) is 12.2. The summed E-state index contributed by atoms with van der Waals surface area (Å²) in [5.41, 5.74) is 0. The van der Waals surface area contributed by atoms with E-state index in [1.54, 1.807) is 0 Å². The highest BCUT2D eigenvalue weighted by molar-refractivity contribution is 8.51. The maximum Gasteiger partial charge on any atom is 0.00728 e. The largest absolute Gasteiger partial charge is 0.108 e. The highest BCUT2D eigenvalue weighted by atomic mass is 35.7. The summed E-state index contributed by atoms with van der Waals surface area (Å²) in [6.45, 7) is 2.27. The van der Waals surface area contributed by atoms with Gasteiger partial charge in [0.1, 0.15) is 0 Å². The highest BCUT2D eigenvalue weighted by Gasteiger charge is 2.25. The topological polar surface area (TPSA) is 0 Å². The van der Waals surface area contributed by atoms with Crippen LogP contribution in [0.4, 0.5) is 0 Å². The van der Waals surface area contributed by atoms with Crippen LogP contribution in [0.2, 0.25) is 0 Å². The van der Waals surface area contributed by atoms with E-state index in [2.05, 4.69) is 67.6 Å². The standard InChI is InChI=1S/C22H31ClS/c1-2-3-4-5-6-7-8-15-20-24(23,21-16-11-9-12-17-21)22-18-13-10-14-19-22/h9-14,16-19H,2-8,15,20H2,1H3. The van der Waals surface area contributed by atoms with Crippen molar-refractivity contribution in [3.05, 3.63) is 60.7 Å². The summed E-state index contributed by atoms with van der Waals surface area (Å²) in [7, 11) is 5.83. The molecule has 24 heavy (non-hydrogen) atoms. The zero-order chi connectivity index (χ0) is 17.1. The molecule has 132 valence electrons. The molecule has 0 saturated carbocycles. The summed E-state index contributed by atoms with van der Waals surface area (Å²) in [5.74, 6) is 1.08. The van der Waals surface area contributed by atoms with Crippen molar-refractivity contribution in [1.82, 2.24) is 0 Å². The van der Waals surface area contributed by atoms with Gasteiger partial charge in [-0.1, -0.05) is 99.0 Å². The first-order valence-electron chi connectivity index (χ1n) is 9.38. The third-order valence-corrected chi connectivity index (χ3v) is 8.93. The Balaban J connectivity index is 1.91. The van der Waals surface area contributed by atoms with Gasteiger partial charge < -0.3 is 0 Å². The number of halogens is 1. The van der Waals surface area contributed by atoms with E-state index >= 15 is 0 Å². The first kappa shape index (κ1) is 19.4. The van der Waals surface area contributed by atoms with E-state index in [4.69, 9.17) is 10.7 Å². The van der Waals surface area contributed by atoms with Gasteiger partial charge in [0.25, 0.3) is 0 Å². The van der Waals surface area contributed by atoms with Gasteiger partial charge in [0.05, 0.1) is 0 Å². The number of benzene rings is 2. The zero-order valence-electron chi connectivity index (χ0n) is 14.9. The minimum atomic E-state index is -1.43. The number of unbranched alkanes of at least 4 members (excludes halogenated alkanes) is 7. The quantitative estimate of drug-likeness (QED) is 0.353. The molecule has 2 heteroatoms. The fraction of sp³-hybridized carbons (Fsp3) is 0.455. The minimum Gasteiger partial charge on any atom is -0.108 e. The third kappa shape index (κ3) is 5.86. The summed E-state index contributed by atoms with van der Waals surface area (Å²) in [6, 6.07) is 21.3. The maximum atomic E-state index is 7.25. The van der Waals surface area contributed by atoms with Gasteiger partial charge in [-0.25, -0.2) is 0 Å². The molecular formula is C22H31ClS. The average Bonchev–Trinajstić information content (AvgIpc) is 2.65. The van der Waals surface area contributed by atoms with Gasteiger partial charge in [-0.2, -0.15) is 0 Å². The molecule has 0 saturated heterocycles. The molecule has 0 aliphatic heterocycles. The van der Waals surface area contributed by atoms with Crippen LogP contribution in [0.1, 0.15) is 58.3 Å². The molecular weight excluding hydrogens is 332 g/mol. The van der Waals surface area contributed by atoms with E-state index in [1.165, 1.54) is 61.2 Å². The van der Waals surface area contributed by atoms with Gasteiger partial charge >= 0.3 is 0 Å². The van der Waals surface area contributed by atoms with Crippen molar-refractivity contribution in [2.24, 2.45) is 0 Å². The van der Waals surface area contributed by atoms with Crippen LogP contribution >= 0.6 is 19.9 Å². The Kier molecular flexibility index (Phi) is 8.77. The Labute approximate surface area is 154 Å². The first-order chi connectivity index (χ1) is 11.8. The average molecular weight is 363 g/mol. The smallest absolute Gasteiger partial charge is 0.00728 e. The lowest BCUT2D eigenvalue weighted by Crippen LogP contribution is -2.01. The predicted molar refractivity (Wildman–Crippen MR) is 110 cm³/mol. The fourth-order valence-electron chi connectivity index (χ4n) is 3.08. The molecule has 2 rings (SSSR count). The summed E-state index contributed by atoms with van der Waals surface area (Å²) in [5, 5.41) is 0. The molecule has 0 N–H and O–H groups in total. The second-order valence-electron chi connectivity index (χ2n) is 6.46. The van der Waals surface area contributed by atoms with Crippen LogP contribution in [-0.4, -0.2) is 5.75 Å². The van der Waals surface area contributed by atoms with E-state index in [9.17, 15) is 0 Å². The Morgan fingerprint density at radius 1 is 0.625 bits per heavy atom. The SMILES string of the molecule is CCCCCCCCCCS(Cl)(c1ccccc1)c1ccccc1. The summed E-state index contributed by atoms with van der Waals surface area (Å²) < 4.78 is 0. The highest BCUT2D eigenvalue weighted by Crippen LogP contribution is 2.66. The van der Waals surface area contributed by atoms with Gasteiger partial charge in [0.15, 0.2) is 0 Å². The van der Waals surface area contributed by atoms with Gasteiger partial charge in [0.2, 0.25) is 0 Å². The predicted octanol–water partition coefficient (Wildman–Crippen LogP) is 8.20. The second-order valence-corrected chi connectivity index (χ2v) is 10.7. The third-order valence-electron chi connectivity index (χ3n) is 4.51. The molecule has 0 aliphatic carbocycles. The number of hydrogen-bond donors (Lipinski definition) is 0. The van der Waals surface area contributed by atoms with Crippen LogP contribution in [0.15, 0.2) is 70.5 Å². The molecule has 0 bridgehead atoms. The van der Waals surface area contributed by atoms with Crippen LogP contribution in [0.5, 0.6) is 0 Å². The van der Waals surface area contributed by atoms with Gasteiger partial charge in [-0.3, -0.25) is 0 Å². The Bertz CT molecular complexity index is 513. The van der Waals surface area contributed by atoms with Crippen molar-refractivity contribution in [1.29, 1.82) is 0 Å². The number of rotatable bonds is 11. The Morgan fingerprint density at radius 2 is 1.04 bits per heavy atom. The molecule has 0 aromatic heterocycles. The molecule has 0 unspecified atom stereocenters. The van der Waals surface area contributed by atoms with Gasteiger partial charge in [-0.15, -0.1) is 9.24 Å². The molecule has 0 aliphatic rings. The molecule has 0 nitrogen and oxygen atoms in total. The van der Waals surface area contributed by atoms with E-state index in [1.807, 2.05) is 0 Å². The monoisotopic (exact) mass is 362 g/mol. The molecule has 0 spiro atoms. The molecule has 0 heterocycles. The van der Waals surface area contributed by atoms with E-state index in [-0.39, 0.29) is 0 Å². The lowest BCUT2D eigenvalue weighted by Gasteiger charge is -2.34. The Hall–Kier alpha value is -0.920. The van der Waals surface area contributed by atoms with Crippen LogP contribution in [0.3, 0.4) is 0 Å². The molecule has 0 radical (unpaired) electrons. The van der Waals surface area contributed by atoms with Crippen LogP contribution in [-0.2, 0) is 0 Å². The minimum absolute atomic E-state index is 1.08. The first-order valence-corrected chi connectivity index (χ1v) is 12.0.